The van der Waals surface area contributed by atoms with Crippen LogP contribution < -0.4 is 4.90 Å². The number of hydrogen-bond donors (Lipinski definition) is 0. The third kappa shape index (κ3) is 1.92. The predicted octanol–water partition coefficient (Wildman–Crippen LogP) is 2.19. The number of nitrogens with zero attached hydrogens (tertiary/aromatic N) is 1. The lowest BCUT2D eigenvalue weighted by Gasteiger charge is -2.29. The summed E-state index contributed by atoms with van der Waals surface area (Å²) in [4.78, 5) is 2.36. The maximum absolute atomic E-state index is 5.60. The van der Waals surface area contributed by atoms with Crippen molar-refractivity contribution in [2.45, 2.75) is 18.3 Å². The van der Waals surface area contributed by atoms with Crippen molar-refractivity contribution in [2.24, 2.45) is 0 Å². The second-order valence-corrected chi connectivity index (χ2v) is 4.87. The van der Waals surface area contributed by atoms with E-state index in [2.05, 4.69) is 35.1 Å². The Morgan fingerprint density at radius 3 is 2.29 bits per heavy atom. The van der Waals surface area contributed by atoms with E-state index in [4.69, 9.17) is 11.2 Å². The number of ether oxygens (including phenoxy) is 1. The number of anilines is 1. The lowest BCUT2D eigenvalue weighted by atomic mass is 9.97. The first-order valence-corrected chi connectivity index (χ1v) is 6.25. The number of benzene rings is 1. The van der Waals surface area contributed by atoms with Gasteiger partial charge in [0.15, 0.2) is 0 Å². The molecule has 1 aromatic carbocycles. The Morgan fingerprint density at radius 2 is 1.76 bits per heavy atom. The van der Waals surface area contributed by atoms with Crippen LogP contribution >= 0.6 is 0 Å². The zero-order valence-corrected chi connectivity index (χ0v) is 9.98. The normalized spacial score (nSPS) is 21.9. The quantitative estimate of drug-likeness (QED) is 0.718. The molecule has 0 amide bonds. The lowest BCUT2D eigenvalue weighted by molar-refractivity contribution is 0.122. The van der Waals surface area contributed by atoms with Gasteiger partial charge < -0.3 is 9.64 Å². The van der Waals surface area contributed by atoms with Crippen molar-refractivity contribution < 1.29 is 4.74 Å². The molecule has 1 saturated heterocycles. The van der Waals surface area contributed by atoms with Crippen molar-refractivity contribution in [2.75, 3.05) is 31.2 Å². The number of rotatable bonds is 2. The molecule has 2 fully saturated rings. The molecule has 17 heavy (non-hydrogen) atoms. The Labute approximate surface area is 103 Å². The molecule has 1 aliphatic carbocycles. The predicted molar refractivity (Wildman–Crippen MR) is 69.2 cm³/mol. The Hall–Kier alpha value is -1.46. The summed E-state index contributed by atoms with van der Waals surface area (Å²) < 4.78 is 5.36. The zero-order valence-electron chi connectivity index (χ0n) is 9.98. The number of morpholine rings is 1. The Kier molecular flexibility index (Phi) is 2.57. The molecular formula is C15H17NO. The van der Waals surface area contributed by atoms with Crippen molar-refractivity contribution in [3.05, 3.63) is 29.8 Å². The summed E-state index contributed by atoms with van der Waals surface area (Å²) in [5, 5.41) is 0. The van der Waals surface area contributed by atoms with Gasteiger partial charge in [-0.3, -0.25) is 0 Å². The van der Waals surface area contributed by atoms with Crippen LogP contribution in [0.1, 0.15) is 18.4 Å². The molecule has 2 nitrogen and oxygen atoms in total. The van der Waals surface area contributed by atoms with Crippen LogP contribution in [0, 0.1) is 12.3 Å². The molecule has 0 N–H and O–H groups in total. The summed E-state index contributed by atoms with van der Waals surface area (Å²) in [5.41, 5.74) is 2.64. The number of terminal acetylenes is 1. The van der Waals surface area contributed by atoms with Crippen molar-refractivity contribution >= 4 is 5.69 Å². The van der Waals surface area contributed by atoms with Crippen LogP contribution in [-0.4, -0.2) is 26.3 Å². The van der Waals surface area contributed by atoms with Crippen molar-refractivity contribution in [1.29, 1.82) is 0 Å². The smallest absolute Gasteiger partial charge is 0.0642 e. The molecule has 2 aliphatic rings. The first kappa shape index (κ1) is 10.7. The van der Waals surface area contributed by atoms with Gasteiger partial charge in [-0.25, -0.2) is 0 Å². The van der Waals surface area contributed by atoms with E-state index >= 15 is 0 Å². The van der Waals surface area contributed by atoms with Gasteiger partial charge in [0.05, 0.1) is 18.6 Å². The minimum absolute atomic E-state index is 0.0591. The fourth-order valence-corrected chi connectivity index (χ4v) is 2.45. The molecule has 0 unspecified atom stereocenters. The standard InChI is InChI=1S/C15H17NO/c1-2-15(7-8-15)13-3-5-14(6-4-13)16-9-11-17-12-10-16/h1,3-6H,7-12H2. The summed E-state index contributed by atoms with van der Waals surface area (Å²) in [6, 6.07) is 8.77. The maximum atomic E-state index is 5.60. The van der Waals surface area contributed by atoms with Crippen LogP contribution in [0.5, 0.6) is 0 Å². The van der Waals surface area contributed by atoms with Crippen molar-refractivity contribution in [3.63, 3.8) is 0 Å². The van der Waals surface area contributed by atoms with Crippen LogP contribution in [0.3, 0.4) is 0 Å². The third-order valence-electron chi connectivity index (χ3n) is 3.82. The van der Waals surface area contributed by atoms with Gasteiger partial charge in [-0.1, -0.05) is 18.1 Å². The average molecular weight is 227 g/mol. The van der Waals surface area contributed by atoms with Crippen LogP contribution in [-0.2, 0) is 10.2 Å². The largest absolute Gasteiger partial charge is 0.378 e. The van der Waals surface area contributed by atoms with Gasteiger partial charge >= 0.3 is 0 Å². The molecule has 0 bridgehead atoms. The SMILES string of the molecule is C#CC1(c2ccc(N3CCOCC3)cc2)CC1. The molecule has 1 aliphatic heterocycles. The van der Waals surface area contributed by atoms with E-state index in [9.17, 15) is 0 Å². The minimum Gasteiger partial charge on any atom is -0.378 e. The van der Waals surface area contributed by atoms with Gasteiger partial charge in [0.25, 0.3) is 0 Å². The van der Waals surface area contributed by atoms with E-state index in [0.717, 1.165) is 39.1 Å². The molecule has 2 heteroatoms. The first-order chi connectivity index (χ1) is 8.34. The van der Waals surface area contributed by atoms with Crippen LogP contribution in [0.15, 0.2) is 24.3 Å². The van der Waals surface area contributed by atoms with E-state index in [0.29, 0.717) is 0 Å². The van der Waals surface area contributed by atoms with Crippen LogP contribution in [0.2, 0.25) is 0 Å². The van der Waals surface area contributed by atoms with Crippen LogP contribution in [0.4, 0.5) is 5.69 Å². The summed E-state index contributed by atoms with van der Waals surface area (Å²) >= 11 is 0. The van der Waals surface area contributed by atoms with E-state index in [-0.39, 0.29) is 5.41 Å². The number of hydrogen-bond acceptors (Lipinski definition) is 2. The van der Waals surface area contributed by atoms with Crippen molar-refractivity contribution in [1.82, 2.24) is 0 Å². The van der Waals surface area contributed by atoms with Gasteiger partial charge in [-0.05, 0) is 30.5 Å². The first-order valence-electron chi connectivity index (χ1n) is 6.25. The van der Waals surface area contributed by atoms with Crippen LogP contribution in [0.25, 0.3) is 0 Å². The summed E-state index contributed by atoms with van der Waals surface area (Å²) in [5.74, 6) is 2.93. The summed E-state index contributed by atoms with van der Waals surface area (Å²) in [6.07, 6.45) is 7.88. The van der Waals surface area contributed by atoms with E-state index in [1.54, 1.807) is 0 Å². The monoisotopic (exact) mass is 227 g/mol. The molecule has 1 heterocycles. The lowest BCUT2D eigenvalue weighted by Crippen LogP contribution is -2.36. The topological polar surface area (TPSA) is 12.5 Å². The molecular weight excluding hydrogens is 210 g/mol. The summed E-state index contributed by atoms with van der Waals surface area (Å²) in [6.45, 7) is 3.63. The zero-order chi connectivity index (χ0) is 11.7. The summed E-state index contributed by atoms with van der Waals surface area (Å²) in [7, 11) is 0. The van der Waals surface area contributed by atoms with E-state index < -0.39 is 0 Å². The van der Waals surface area contributed by atoms with E-state index in [1.807, 2.05) is 0 Å². The minimum atomic E-state index is 0.0591. The van der Waals surface area contributed by atoms with Gasteiger partial charge in [0, 0.05) is 18.8 Å². The Balaban J connectivity index is 1.78. The molecule has 0 radical (unpaired) electrons. The Bertz CT molecular complexity index is 433. The van der Waals surface area contributed by atoms with Gasteiger partial charge in [0.1, 0.15) is 0 Å². The fraction of sp³-hybridized carbons (Fsp3) is 0.467. The van der Waals surface area contributed by atoms with Gasteiger partial charge in [-0.2, -0.15) is 0 Å². The molecule has 1 saturated carbocycles. The highest BCUT2D eigenvalue weighted by Crippen LogP contribution is 2.47. The molecule has 3 rings (SSSR count). The highest BCUT2D eigenvalue weighted by atomic mass is 16.5. The van der Waals surface area contributed by atoms with Gasteiger partial charge in [-0.15, -0.1) is 6.42 Å². The highest BCUT2D eigenvalue weighted by Gasteiger charge is 2.42. The second-order valence-electron chi connectivity index (χ2n) is 4.87. The van der Waals surface area contributed by atoms with E-state index in [1.165, 1.54) is 11.3 Å². The molecule has 88 valence electrons. The average Bonchev–Trinajstić information content (AvgIpc) is 3.21. The second kappa shape index (κ2) is 4.09. The maximum Gasteiger partial charge on any atom is 0.0642 e. The molecule has 1 aromatic rings. The third-order valence-corrected chi connectivity index (χ3v) is 3.82. The molecule has 0 spiro atoms. The highest BCUT2D eigenvalue weighted by molar-refractivity contribution is 5.51. The molecule has 0 atom stereocenters. The van der Waals surface area contributed by atoms with Gasteiger partial charge in [0.2, 0.25) is 0 Å². The molecule has 0 aromatic heterocycles. The Morgan fingerprint density at radius 1 is 1.12 bits per heavy atom. The fourth-order valence-electron chi connectivity index (χ4n) is 2.45. The van der Waals surface area contributed by atoms with Crippen molar-refractivity contribution in [3.8, 4) is 12.3 Å².